The summed E-state index contributed by atoms with van der Waals surface area (Å²) in [6.07, 6.45) is 0.840. The Balaban J connectivity index is 1.70. The van der Waals surface area contributed by atoms with E-state index in [1.165, 1.54) is 11.2 Å². The van der Waals surface area contributed by atoms with Crippen LogP contribution in [-0.2, 0) is 16.1 Å². The number of carbonyl (C=O) groups is 2. The minimum atomic E-state index is -0.455. The van der Waals surface area contributed by atoms with Gasteiger partial charge >= 0.3 is 11.8 Å². The highest BCUT2D eigenvalue weighted by Crippen LogP contribution is 2.22. The number of ether oxygens (including phenoxy) is 1. The van der Waals surface area contributed by atoms with Crippen LogP contribution in [0.5, 0.6) is 0 Å². The van der Waals surface area contributed by atoms with Gasteiger partial charge in [0.25, 0.3) is 0 Å². The van der Waals surface area contributed by atoms with Crippen molar-refractivity contribution in [3.8, 4) is 0 Å². The van der Waals surface area contributed by atoms with Crippen LogP contribution in [0.2, 0.25) is 0 Å². The Labute approximate surface area is 124 Å². The average molecular weight is 303 g/mol. The number of aromatic nitrogens is 3. The molecule has 0 bridgehead atoms. The molecule has 0 spiro atoms. The minimum Gasteiger partial charge on any atom is -0.447 e. The van der Waals surface area contributed by atoms with Gasteiger partial charge < -0.3 is 10.1 Å². The molecule has 2 heterocycles. The zero-order chi connectivity index (χ0) is 15.5. The van der Waals surface area contributed by atoms with Crippen LogP contribution in [0.15, 0.2) is 35.4 Å². The predicted molar refractivity (Wildman–Crippen MR) is 76.6 cm³/mol. The van der Waals surface area contributed by atoms with Crippen molar-refractivity contribution in [1.82, 2.24) is 14.8 Å². The molecule has 1 aliphatic heterocycles. The fraction of sp³-hybridized carbons (Fsp3) is 0.231. The normalized spacial score (nSPS) is 14.0. The van der Waals surface area contributed by atoms with Gasteiger partial charge in [0.2, 0.25) is 5.91 Å². The van der Waals surface area contributed by atoms with Crippen LogP contribution in [0.3, 0.4) is 0 Å². The smallest absolute Gasteiger partial charge is 0.414 e. The molecule has 1 saturated heterocycles. The van der Waals surface area contributed by atoms with Crippen molar-refractivity contribution in [2.45, 2.75) is 6.54 Å². The maximum absolute atomic E-state index is 11.9. The summed E-state index contributed by atoms with van der Waals surface area (Å²) in [6.45, 7) is 0.671. The molecule has 3 rings (SSSR count). The lowest BCUT2D eigenvalue weighted by Gasteiger charge is -2.14. The first-order valence-corrected chi connectivity index (χ1v) is 6.57. The molecule has 0 unspecified atom stereocenters. The van der Waals surface area contributed by atoms with Gasteiger partial charge in [0.05, 0.1) is 6.54 Å². The fourth-order valence-electron chi connectivity index (χ4n) is 2.12. The molecule has 114 valence electrons. The molecule has 1 aromatic heterocycles. The van der Waals surface area contributed by atoms with Crippen molar-refractivity contribution in [2.75, 3.05) is 23.4 Å². The van der Waals surface area contributed by atoms with Crippen LogP contribution in [-0.4, -0.2) is 39.9 Å². The Bertz CT molecular complexity index is 766. The first-order chi connectivity index (χ1) is 10.6. The van der Waals surface area contributed by atoms with E-state index in [1.807, 2.05) is 0 Å². The van der Waals surface area contributed by atoms with Crippen LogP contribution in [0, 0.1) is 0 Å². The van der Waals surface area contributed by atoms with Gasteiger partial charge in [-0.25, -0.2) is 14.7 Å². The maximum Gasteiger partial charge on any atom is 0.414 e. The molecule has 0 saturated carbocycles. The van der Waals surface area contributed by atoms with Crippen molar-refractivity contribution >= 4 is 23.4 Å². The third-order valence-electron chi connectivity index (χ3n) is 3.13. The zero-order valence-corrected chi connectivity index (χ0v) is 11.5. The second-order valence-corrected chi connectivity index (χ2v) is 4.65. The first-order valence-electron chi connectivity index (χ1n) is 6.57. The summed E-state index contributed by atoms with van der Waals surface area (Å²) < 4.78 is 6.03. The monoisotopic (exact) mass is 303 g/mol. The molecule has 9 heteroatoms. The van der Waals surface area contributed by atoms with E-state index in [0.29, 0.717) is 24.5 Å². The molecule has 1 fully saturated rings. The summed E-state index contributed by atoms with van der Waals surface area (Å²) in [5.41, 5.74) is 0.711. The van der Waals surface area contributed by atoms with Crippen LogP contribution < -0.4 is 15.9 Å². The van der Waals surface area contributed by atoms with Gasteiger partial charge in [0, 0.05) is 11.4 Å². The van der Waals surface area contributed by atoms with Crippen LogP contribution in [0.1, 0.15) is 0 Å². The van der Waals surface area contributed by atoms with Crippen molar-refractivity contribution in [2.24, 2.45) is 0 Å². The summed E-state index contributed by atoms with van der Waals surface area (Å²) in [6, 6.07) is 6.84. The Morgan fingerprint density at radius 3 is 2.95 bits per heavy atom. The lowest BCUT2D eigenvalue weighted by Crippen LogP contribution is -2.26. The van der Waals surface area contributed by atoms with Crippen LogP contribution >= 0.6 is 0 Å². The molecule has 1 aliphatic rings. The third-order valence-corrected chi connectivity index (χ3v) is 3.13. The van der Waals surface area contributed by atoms with Gasteiger partial charge in [-0.3, -0.25) is 14.3 Å². The molecule has 2 N–H and O–H groups in total. The number of carbonyl (C=O) groups excluding carboxylic acids is 2. The maximum atomic E-state index is 11.9. The number of hydrogen-bond acceptors (Lipinski definition) is 5. The molecule has 0 aliphatic carbocycles. The molecule has 22 heavy (non-hydrogen) atoms. The average Bonchev–Trinajstić information content (AvgIpc) is 3.08. The summed E-state index contributed by atoms with van der Waals surface area (Å²) in [5.74, 6) is -0.371. The van der Waals surface area contributed by atoms with E-state index in [0.717, 1.165) is 4.57 Å². The minimum absolute atomic E-state index is 0.148. The number of anilines is 2. The van der Waals surface area contributed by atoms with E-state index in [-0.39, 0.29) is 12.5 Å². The topological polar surface area (TPSA) is 109 Å². The van der Waals surface area contributed by atoms with Crippen molar-refractivity contribution in [3.63, 3.8) is 0 Å². The van der Waals surface area contributed by atoms with Crippen LogP contribution in [0.25, 0.3) is 0 Å². The number of hydrogen-bond donors (Lipinski definition) is 2. The van der Waals surface area contributed by atoms with Crippen molar-refractivity contribution < 1.29 is 14.3 Å². The lowest BCUT2D eigenvalue weighted by atomic mass is 10.2. The Hall–Kier alpha value is -3.10. The number of amides is 2. The van der Waals surface area contributed by atoms with Gasteiger partial charge in [-0.2, -0.15) is 5.10 Å². The van der Waals surface area contributed by atoms with Gasteiger partial charge in [-0.15, -0.1) is 0 Å². The first kappa shape index (κ1) is 13.9. The van der Waals surface area contributed by atoms with Crippen LogP contribution in [0.4, 0.5) is 16.2 Å². The number of nitrogens with one attached hydrogen (secondary N) is 2. The van der Waals surface area contributed by atoms with E-state index < -0.39 is 11.8 Å². The molecule has 0 atom stereocenters. The quantitative estimate of drug-likeness (QED) is 0.836. The van der Waals surface area contributed by atoms with Gasteiger partial charge in [0.15, 0.2) is 0 Å². The molecule has 2 aromatic rings. The third kappa shape index (κ3) is 2.82. The van der Waals surface area contributed by atoms with Gasteiger partial charge in [-0.1, -0.05) is 6.07 Å². The van der Waals surface area contributed by atoms with E-state index in [1.54, 1.807) is 24.3 Å². The number of nitrogens with zero attached hydrogens (tertiary/aromatic N) is 3. The zero-order valence-electron chi connectivity index (χ0n) is 11.5. The summed E-state index contributed by atoms with van der Waals surface area (Å²) in [7, 11) is 0. The standard InChI is InChI=1S/C13H13N5O4/c19-11(7-17-8-14-16-12(17)20)15-9-2-1-3-10(6-9)18-4-5-22-13(18)21/h1-3,6,8H,4-5,7H2,(H,15,19)(H,16,20). The SMILES string of the molecule is O=C(Cn1cn[nH]c1=O)Nc1cccc(N2CCOC2=O)c1. The number of aromatic amines is 1. The molecule has 1 aromatic carbocycles. The van der Waals surface area contributed by atoms with Crippen molar-refractivity contribution in [1.29, 1.82) is 0 Å². The largest absolute Gasteiger partial charge is 0.447 e. The number of cyclic esters (lactones) is 1. The van der Waals surface area contributed by atoms with E-state index >= 15 is 0 Å². The number of benzene rings is 1. The summed E-state index contributed by atoms with van der Waals surface area (Å²) >= 11 is 0. The van der Waals surface area contributed by atoms with Gasteiger partial charge in [0.1, 0.15) is 19.5 Å². The van der Waals surface area contributed by atoms with E-state index in [4.69, 9.17) is 4.74 Å². The summed E-state index contributed by atoms with van der Waals surface area (Å²) in [4.78, 5) is 36.2. The Morgan fingerprint density at radius 2 is 2.27 bits per heavy atom. The van der Waals surface area contributed by atoms with E-state index in [2.05, 4.69) is 15.5 Å². The van der Waals surface area contributed by atoms with E-state index in [9.17, 15) is 14.4 Å². The number of H-pyrrole nitrogens is 1. The fourth-order valence-corrected chi connectivity index (χ4v) is 2.12. The molecule has 2 amide bonds. The molecular formula is C13H13N5O4. The molecular weight excluding hydrogens is 290 g/mol. The highest BCUT2D eigenvalue weighted by atomic mass is 16.6. The number of rotatable bonds is 4. The highest BCUT2D eigenvalue weighted by molar-refractivity contribution is 5.93. The second kappa shape index (κ2) is 5.72. The van der Waals surface area contributed by atoms with Crippen molar-refractivity contribution in [3.05, 3.63) is 41.1 Å². The second-order valence-electron chi connectivity index (χ2n) is 4.65. The predicted octanol–water partition coefficient (Wildman–Crippen LogP) is 0.167. The van der Waals surface area contributed by atoms with Gasteiger partial charge in [-0.05, 0) is 18.2 Å². The molecule has 9 nitrogen and oxygen atoms in total. The molecule has 0 radical (unpaired) electrons. The lowest BCUT2D eigenvalue weighted by molar-refractivity contribution is -0.116. The Kier molecular flexibility index (Phi) is 3.60. The Morgan fingerprint density at radius 1 is 1.41 bits per heavy atom. The summed E-state index contributed by atoms with van der Waals surface area (Å²) in [5, 5.41) is 8.42. The highest BCUT2D eigenvalue weighted by Gasteiger charge is 2.23.